The summed E-state index contributed by atoms with van der Waals surface area (Å²) < 4.78 is 6.38. The molecule has 0 aliphatic carbocycles. The number of hydrogen-bond donors (Lipinski definition) is 2. The van der Waals surface area contributed by atoms with Crippen molar-refractivity contribution in [3.8, 4) is 11.3 Å². The molecule has 0 aliphatic heterocycles. The molecule has 1 heterocycles. The highest BCUT2D eigenvalue weighted by molar-refractivity contribution is 9.10. The number of imidazole rings is 1. The molecule has 2 aromatic rings. The lowest BCUT2D eigenvalue weighted by atomic mass is 10.2. The number of hydrogen-bond acceptors (Lipinski definition) is 3. The van der Waals surface area contributed by atoms with E-state index in [9.17, 15) is 0 Å². The molecule has 4 nitrogen and oxygen atoms in total. The minimum absolute atomic E-state index is 0.767. The molecule has 1 aromatic carbocycles. The van der Waals surface area contributed by atoms with Gasteiger partial charge in [-0.2, -0.15) is 0 Å². The van der Waals surface area contributed by atoms with Crippen molar-refractivity contribution < 1.29 is 4.74 Å². The standard InChI is InChI=1S/C16H22BrN3O/c1-2-21-9-4-3-8-18-12-16-19-11-15(20-16)13-6-5-7-14(17)10-13/h5-7,10-11,18H,2-4,8-9,12H2,1H3,(H,19,20). The van der Waals surface area contributed by atoms with Gasteiger partial charge in [0, 0.05) is 23.2 Å². The molecule has 2 rings (SSSR count). The van der Waals surface area contributed by atoms with Gasteiger partial charge in [-0.15, -0.1) is 0 Å². The maximum absolute atomic E-state index is 5.31. The van der Waals surface area contributed by atoms with Crippen LogP contribution in [0.1, 0.15) is 25.6 Å². The normalized spacial score (nSPS) is 11.0. The largest absolute Gasteiger partial charge is 0.382 e. The van der Waals surface area contributed by atoms with Gasteiger partial charge in [-0.3, -0.25) is 0 Å². The van der Waals surface area contributed by atoms with Crippen LogP contribution in [0.5, 0.6) is 0 Å². The van der Waals surface area contributed by atoms with Crippen LogP contribution in [-0.2, 0) is 11.3 Å². The molecule has 0 saturated heterocycles. The van der Waals surface area contributed by atoms with Crippen LogP contribution >= 0.6 is 15.9 Å². The first-order valence-electron chi connectivity index (χ1n) is 7.38. The number of benzene rings is 1. The Morgan fingerprint density at radius 2 is 2.24 bits per heavy atom. The number of halogens is 1. The summed E-state index contributed by atoms with van der Waals surface area (Å²) in [4.78, 5) is 7.76. The smallest absolute Gasteiger partial charge is 0.120 e. The van der Waals surface area contributed by atoms with E-state index >= 15 is 0 Å². The second-order valence-corrected chi connectivity index (χ2v) is 5.75. The van der Waals surface area contributed by atoms with E-state index in [1.54, 1.807) is 0 Å². The van der Waals surface area contributed by atoms with Crippen LogP contribution in [0, 0.1) is 0 Å². The monoisotopic (exact) mass is 351 g/mol. The number of rotatable bonds is 9. The van der Waals surface area contributed by atoms with Crippen LogP contribution in [0.4, 0.5) is 0 Å². The van der Waals surface area contributed by atoms with Crippen molar-refractivity contribution in [3.63, 3.8) is 0 Å². The van der Waals surface area contributed by atoms with Gasteiger partial charge < -0.3 is 15.0 Å². The van der Waals surface area contributed by atoms with Gasteiger partial charge in [-0.05, 0) is 38.4 Å². The van der Waals surface area contributed by atoms with Crippen molar-refractivity contribution in [2.45, 2.75) is 26.3 Å². The van der Waals surface area contributed by atoms with E-state index in [-0.39, 0.29) is 0 Å². The number of aromatic nitrogens is 2. The van der Waals surface area contributed by atoms with Gasteiger partial charge in [0.2, 0.25) is 0 Å². The summed E-state index contributed by atoms with van der Waals surface area (Å²) in [6.07, 6.45) is 4.11. The van der Waals surface area contributed by atoms with E-state index < -0.39 is 0 Å². The number of nitrogens with zero attached hydrogens (tertiary/aromatic N) is 1. The summed E-state index contributed by atoms with van der Waals surface area (Å²) in [5, 5.41) is 3.40. The summed E-state index contributed by atoms with van der Waals surface area (Å²) in [5.41, 5.74) is 2.18. The molecule has 21 heavy (non-hydrogen) atoms. The lowest BCUT2D eigenvalue weighted by molar-refractivity contribution is 0.143. The predicted octanol–water partition coefficient (Wildman–Crippen LogP) is 3.75. The minimum atomic E-state index is 0.767. The van der Waals surface area contributed by atoms with Gasteiger partial charge in [0.25, 0.3) is 0 Å². The Kier molecular flexibility index (Phi) is 6.92. The van der Waals surface area contributed by atoms with Gasteiger partial charge in [0.1, 0.15) is 5.82 Å². The fraction of sp³-hybridized carbons (Fsp3) is 0.438. The molecule has 0 amide bonds. The second-order valence-electron chi connectivity index (χ2n) is 4.83. The zero-order valence-electron chi connectivity index (χ0n) is 12.4. The van der Waals surface area contributed by atoms with Crippen molar-refractivity contribution in [1.82, 2.24) is 15.3 Å². The summed E-state index contributed by atoms with van der Waals surface area (Å²) in [6.45, 7) is 5.44. The predicted molar refractivity (Wildman–Crippen MR) is 89.2 cm³/mol. The number of unbranched alkanes of at least 4 members (excludes halogenated alkanes) is 1. The van der Waals surface area contributed by atoms with Crippen LogP contribution in [0.3, 0.4) is 0 Å². The Morgan fingerprint density at radius 1 is 1.33 bits per heavy atom. The van der Waals surface area contributed by atoms with Crippen LogP contribution in [0.15, 0.2) is 34.9 Å². The molecule has 0 bridgehead atoms. The number of ether oxygens (including phenoxy) is 1. The molecule has 0 atom stereocenters. The number of aromatic amines is 1. The highest BCUT2D eigenvalue weighted by Crippen LogP contribution is 2.21. The lowest BCUT2D eigenvalue weighted by Gasteiger charge is -2.03. The summed E-state index contributed by atoms with van der Waals surface area (Å²) >= 11 is 3.49. The van der Waals surface area contributed by atoms with Crippen molar-refractivity contribution in [3.05, 3.63) is 40.8 Å². The van der Waals surface area contributed by atoms with Crippen LogP contribution in [-0.4, -0.2) is 29.7 Å². The van der Waals surface area contributed by atoms with Gasteiger partial charge >= 0.3 is 0 Å². The first kappa shape index (κ1) is 16.2. The Bertz CT molecular complexity index is 542. The molecular formula is C16H22BrN3O. The average molecular weight is 352 g/mol. The molecule has 2 N–H and O–H groups in total. The third kappa shape index (κ3) is 5.61. The summed E-state index contributed by atoms with van der Waals surface area (Å²) in [5.74, 6) is 0.967. The highest BCUT2D eigenvalue weighted by atomic mass is 79.9. The topological polar surface area (TPSA) is 49.9 Å². The van der Waals surface area contributed by atoms with E-state index in [0.717, 1.165) is 60.7 Å². The quantitative estimate of drug-likeness (QED) is 0.676. The molecule has 0 spiro atoms. The van der Waals surface area contributed by atoms with Crippen LogP contribution < -0.4 is 5.32 Å². The average Bonchev–Trinajstić information content (AvgIpc) is 2.95. The Labute approximate surface area is 134 Å². The molecule has 114 valence electrons. The molecule has 0 radical (unpaired) electrons. The molecule has 0 unspecified atom stereocenters. The zero-order valence-corrected chi connectivity index (χ0v) is 13.9. The molecule has 0 fully saturated rings. The van der Waals surface area contributed by atoms with E-state index in [2.05, 4.69) is 43.3 Å². The molecular weight excluding hydrogens is 330 g/mol. The van der Waals surface area contributed by atoms with Crippen molar-refractivity contribution >= 4 is 15.9 Å². The Hall–Kier alpha value is -1.17. The first-order chi connectivity index (χ1) is 10.3. The molecule has 5 heteroatoms. The first-order valence-corrected chi connectivity index (χ1v) is 8.17. The van der Waals surface area contributed by atoms with E-state index in [1.165, 1.54) is 0 Å². The van der Waals surface area contributed by atoms with E-state index in [1.807, 2.05) is 25.3 Å². The maximum atomic E-state index is 5.31. The minimum Gasteiger partial charge on any atom is -0.382 e. The summed E-state index contributed by atoms with van der Waals surface area (Å²) in [7, 11) is 0. The Balaban J connectivity index is 1.73. The van der Waals surface area contributed by atoms with Gasteiger partial charge in [0.05, 0.1) is 18.4 Å². The number of H-pyrrole nitrogens is 1. The van der Waals surface area contributed by atoms with Crippen molar-refractivity contribution in [2.75, 3.05) is 19.8 Å². The molecule has 0 saturated carbocycles. The van der Waals surface area contributed by atoms with Gasteiger partial charge in [-0.1, -0.05) is 28.1 Å². The van der Waals surface area contributed by atoms with E-state index in [4.69, 9.17) is 4.74 Å². The van der Waals surface area contributed by atoms with Crippen molar-refractivity contribution in [2.24, 2.45) is 0 Å². The Morgan fingerprint density at radius 3 is 3.05 bits per heavy atom. The third-order valence-electron chi connectivity index (χ3n) is 3.15. The van der Waals surface area contributed by atoms with Crippen molar-refractivity contribution in [1.29, 1.82) is 0 Å². The van der Waals surface area contributed by atoms with E-state index in [0.29, 0.717) is 0 Å². The SMILES string of the molecule is CCOCCCCNCc1ncc(-c2cccc(Br)c2)[nH]1. The summed E-state index contributed by atoms with van der Waals surface area (Å²) in [6, 6.07) is 8.20. The highest BCUT2D eigenvalue weighted by Gasteiger charge is 2.03. The fourth-order valence-electron chi connectivity index (χ4n) is 2.06. The van der Waals surface area contributed by atoms with Gasteiger partial charge in [0.15, 0.2) is 0 Å². The number of nitrogens with one attached hydrogen (secondary N) is 2. The molecule has 0 aliphatic rings. The second kappa shape index (κ2) is 8.97. The van der Waals surface area contributed by atoms with Crippen LogP contribution in [0.2, 0.25) is 0 Å². The van der Waals surface area contributed by atoms with Gasteiger partial charge in [-0.25, -0.2) is 4.98 Å². The van der Waals surface area contributed by atoms with Crippen LogP contribution in [0.25, 0.3) is 11.3 Å². The zero-order chi connectivity index (χ0) is 14.9. The lowest BCUT2D eigenvalue weighted by Crippen LogP contribution is -2.16. The maximum Gasteiger partial charge on any atom is 0.120 e. The fourth-order valence-corrected chi connectivity index (χ4v) is 2.46. The molecule has 1 aromatic heterocycles. The third-order valence-corrected chi connectivity index (χ3v) is 3.65.